The summed E-state index contributed by atoms with van der Waals surface area (Å²) in [5, 5.41) is 0.771. The molecule has 0 saturated carbocycles. The highest BCUT2D eigenvalue weighted by atomic mass is 32.1. The monoisotopic (exact) mass is 396 g/mol. The second kappa shape index (κ2) is 6.35. The van der Waals surface area contributed by atoms with Gasteiger partial charge in [-0.05, 0) is 24.6 Å². The number of hydrogen-bond donors (Lipinski definition) is 1. The van der Waals surface area contributed by atoms with Crippen molar-refractivity contribution in [2.75, 3.05) is 13.7 Å². The normalized spacial score (nSPS) is 15.8. The summed E-state index contributed by atoms with van der Waals surface area (Å²) in [4.78, 5) is 13.7. The number of nitrogens with zero attached hydrogens (tertiary/aromatic N) is 3. The van der Waals surface area contributed by atoms with E-state index >= 15 is 0 Å². The SMILES string of the molecule is COc1cnc2c(-c3nc4cc(F)c5c(c4s3)C[C@H](CN)O5)cc(C)cc2n1. The Morgan fingerprint density at radius 1 is 1.29 bits per heavy atom. The van der Waals surface area contributed by atoms with Crippen LogP contribution in [0.25, 0.3) is 31.8 Å². The first kappa shape index (κ1) is 17.3. The first-order chi connectivity index (χ1) is 13.6. The molecule has 0 unspecified atom stereocenters. The van der Waals surface area contributed by atoms with Gasteiger partial charge < -0.3 is 15.2 Å². The summed E-state index contributed by atoms with van der Waals surface area (Å²) in [7, 11) is 1.56. The van der Waals surface area contributed by atoms with Gasteiger partial charge in [0.2, 0.25) is 5.88 Å². The summed E-state index contributed by atoms with van der Waals surface area (Å²) in [6, 6.07) is 5.41. The molecule has 1 atom stereocenters. The van der Waals surface area contributed by atoms with Gasteiger partial charge in [0.25, 0.3) is 0 Å². The van der Waals surface area contributed by atoms with Gasteiger partial charge >= 0.3 is 0 Å². The molecular formula is C20H17FN4O2S. The van der Waals surface area contributed by atoms with Crippen LogP contribution < -0.4 is 15.2 Å². The summed E-state index contributed by atoms with van der Waals surface area (Å²) >= 11 is 1.51. The number of fused-ring (bicyclic) bond motifs is 4. The zero-order chi connectivity index (χ0) is 19.4. The van der Waals surface area contributed by atoms with Gasteiger partial charge in [0.1, 0.15) is 11.1 Å². The smallest absolute Gasteiger partial charge is 0.232 e. The van der Waals surface area contributed by atoms with Crippen LogP contribution in [-0.2, 0) is 6.42 Å². The number of rotatable bonds is 3. The molecule has 142 valence electrons. The molecule has 8 heteroatoms. The van der Waals surface area contributed by atoms with Gasteiger partial charge in [-0.1, -0.05) is 0 Å². The van der Waals surface area contributed by atoms with E-state index < -0.39 is 5.82 Å². The fraction of sp³-hybridized carbons (Fsp3) is 0.250. The first-order valence-corrected chi connectivity index (χ1v) is 9.69. The minimum absolute atomic E-state index is 0.196. The number of benzene rings is 2. The predicted molar refractivity (Wildman–Crippen MR) is 107 cm³/mol. The summed E-state index contributed by atoms with van der Waals surface area (Å²) in [6.45, 7) is 2.34. The van der Waals surface area contributed by atoms with E-state index in [2.05, 4.69) is 9.97 Å². The van der Waals surface area contributed by atoms with E-state index in [0.717, 1.165) is 37.4 Å². The summed E-state index contributed by atoms with van der Waals surface area (Å²) < 4.78 is 26.3. The minimum Gasteiger partial charge on any atom is -0.485 e. The van der Waals surface area contributed by atoms with Gasteiger partial charge in [-0.2, -0.15) is 0 Å². The number of aromatic nitrogens is 3. The van der Waals surface area contributed by atoms with Crippen molar-refractivity contribution < 1.29 is 13.9 Å². The first-order valence-electron chi connectivity index (χ1n) is 8.87. The van der Waals surface area contributed by atoms with Gasteiger partial charge in [-0.15, -0.1) is 11.3 Å². The number of halogens is 1. The molecule has 0 fully saturated rings. The Morgan fingerprint density at radius 3 is 2.93 bits per heavy atom. The van der Waals surface area contributed by atoms with Crippen molar-refractivity contribution in [3.05, 3.63) is 41.3 Å². The van der Waals surface area contributed by atoms with E-state index in [0.29, 0.717) is 30.1 Å². The topological polar surface area (TPSA) is 83.2 Å². The van der Waals surface area contributed by atoms with Gasteiger partial charge in [-0.25, -0.2) is 19.3 Å². The van der Waals surface area contributed by atoms with Crippen LogP contribution in [0.4, 0.5) is 4.39 Å². The van der Waals surface area contributed by atoms with Gasteiger partial charge in [0, 0.05) is 30.2 Å². The van der Waals surface area contributed by atoms with Crippen molar-refractivity contribution in [1.82, 2.24) is 15.0 Å². The van der Waals surface area contributed by atoms with E-state index in [-0.39, 0.29) is 6.10 Å². The van der Waals surface area contributed by atoms with Crippen molar-refractivity contribution in [2.45, 2.75) is 19.4 Å². The quantitative estimate of drug-likeness (QED) is 0.569. The largest absolute Gasteiger partial charge is 0.485 e. The molecule has 0 radical (unpaired) electrons. The summed E-state index contributed by atoms with van der Waals surface area (Å²) in [5.41, 5.74) is 10.6. The fourth-order valence-electron chi connectivity index (χ4n) is 3.58. The van der Waals surface area contributed by atoms with Gasteiger partial charge in [0.15, 0.2) is 11.6 Å². The van der Waals surface area contributed by atoms with Crippen LogP contribution in [0.3, 0.4) is 0 Å². The molecule has 2 aromatic carbocycles. The predicted octanol–water partition coefficient (Wildman–Crippen LogP) is 3.62. The molecule has 0 spiro atoms. The number of nitrogens with two attached hydrogens (primary N) is 1. The third-order valence-electron chi connectivity index (χ3n) is 4.87. The second-order valence-electron chi connectivity index (χ2n) is 6.81. The van der Waals surface area contributed by atoms with E-state index in [1.54, 1.807) is 13.3 Å². The summed E-state index contributed by atoms with van der Waals surface area (Å²) in [6.07, 6.45) is 1.98. The molecule has 0 aliphatic carbocycles. The lowest BCUT2D eigenvalue weighted by atomic mass is 10.1. The molecule has 5 rings (SSSR count). The molecule has 0 amide bonds. The highest BCUT2D eigenvalue weighted by Crippen LogP contribution is 2.43. The van der Waals surface area contributed by atoms with E-state index in [1.807, 2.05) is 19.1 Å². The number of methoxy groups -OCH3 is 1. The highest BCUT2D eigenvalue weighted by molar-refractivity contribution is 7.22. The third kappa shape index (κ3) is 2.60. The maximum Gasteiger partial charge on any atom is 0.232 e. The summed E-state index contributed by atoms with van der Waals surface area (Å²) in [5.74, 6) is 0.365. The van der Waals surface area contributed by atoms with Crippen LogP contribution in [0.5, 0.6) is 11.6 Å². The number of thiazole rings is 1. The molecule has 28 heavy (non-hydrogen) atoms. The van der Waals surface area contributed by atoms with Gasteiger partial charge in [-0.3, -0.25) is 0 Å². The standard InChI is InChI=1S/C20H17FN4O2S/c1-9-3-11(17-14(4-9)24-16(26-2)8-23-17)20-25-15-6-13(21)18-12(19(15)28-20)5-10(7-22)27-18/h3-4,6,8,10H,5,7,22H2,1-2H3/t10-/m1/s1. The Labute approximate surface area is 164 Å². The minimum atomic E-state index is -0.395. The fourth-order valence-corrected chi connectivity index (χ4v) is 4.69. The molecule has 2 aromatic heterocycles. The van der Waals surface area contributed by atoms with Crippen molar-refractivity contribution in [2.24, 2.45) is 5.73 Å². The van der Waals surface area contributed by atoms with Crippen LogP contribution in [0.2, 0.25) is 0 Å². The average molecular weight is 396 g/mol. The van der Waals surface area contributed by atoms with Crippen molar-refractivity contribution in [3.8, 4) is 22.2 Å². The molecule has 3 heterocycles. The average Bonchev–Trinajstić information content (AvgIpc) is 3.31. The van der Waals surface area contributed by atoms with E-state index in [1.165, 1.54) is 17.4 Å². The highest BCUT2D eigenvalue weighted by Gasteiger charge is 2.29. The van der Waals surface area contributed by atoms with Crippen LogP contribution >= 0.6 is 11.3 Å². The molecule has 2 N–H and O–H groups in total. The molecule has 0 saturated heterocycles. The molecule has 0 bridgehead atoms. The lowest BCUT2D eigenvalue weighted by Gasteiger charge is -2.06. The molecule has 1 aliphatic rings. The molecule has 6 nitrogen and oxygen atoms in total. The Kier molecular flexibility index (Phi) is 3.92. The second-order valence-corrected chi connectivity index (χ2v) is 7.80. The molecule has 4 aromatic rings. The maximum atomic E-state index is 14.5. The number of hydrogen-bond acceptors (Lipinski definition) is 7. The van der Waals surface area contributed by atoms with E-state index in [9.17, 15) is 4.39 Å². The third-order valence-corrected chi connectivity index (χ3v) is 6.03. The van der Waals surface area contributed by atoms with Crippen molar-refractivity contribution >= 4 is 32.6 Å². The zero-order valence-corrected chi connectivity index (χ0v) is 16.1. The van der Waals surface area contributed by atoms with Gasteiger partial charge in [0.05, 0.1) is 34.6 Å². The van der Waals surface area contributed by atoms with Crippen LogP contribution in [0.15, 0.2) is 24.4 Å². The van der Waals surface area contributed by atoms with Crippen molar-refractivity contribution in [1.29, 1.82) is 0 Å². The van der Waals surface area contributed by atoms with Crippen LogP contribution in [0.1, 0.15) is 11.1 Å². The molecular weight excluding hydrogens is 379 g/mol. The lowest BCUT2D eigenvalue weighted by Crippen LogP contribution is -2.24. The molecule has 1 aliphatic heterocycles. The Bertz CT molecular complexity index is 1240. The van der Waals surface area contributed by atoms with Crippen LogP contribution in [0, 0.1) is 12.7 Å². The number of aryl methyl sites for hydroxylation is 1. The Morgan fingerprint density at radius 2 is 2.14 bits per heavy atom. The maximum absolute atomic E-state index is 14.5. The van der Waals surface area contributed by atoms with E-state index in [4.69, 9.17) is 20.2 Å². The van der Waals surface area contributed by atoms with Crippen LogP contribution in [-0.4, -0.2) is 34.7 Å². The van der Waals surface area contributed by atoms with Crippen molar-refractivity contribution in [3.63, 3.8) is 0 Å². The number of ether oxygens (including phenoxy) is 2. The Hall–Kier alpha value is -2.84. The Balaban J connectivity index is 1.73. The zero-order valence-electron chi connectivity index (χ0n) is 15.3. The lowest BCUT2D eigenvalue weighted by molar-refractivity contribution is 0.232.